The molecule has 0 radical (unpaired) electrons. The van der Waals surface area contributed by atoms with Crippen LogP contribution in [0.25, 0.3) is 0 Å². The summed E-state index contributed by atoms with van der Waals surface area (Å²) in [7, 11) is -2.75. The van der Waals surface area contributed by atoms with Crippen LogP contribution in [0.1, 0.15) is 29.3 Å². The lowest BCUT2D eigenvalue weighted by molar-refractivity contribution is -0.139. The number of rotatable bonds is 7. The zero-order valence-corrected chi connectivity index (χ0v) is 20.3. The van der Waals surface area contributed by atoms with Crippen LogP contribution in [0.2, 0.25) is 0 Å². The Bertz CT molecular complexity index is 1140. The Kier molecular flexibility index (Phi) is 7.93. The lowest BCUT2D eigenvalue weighted by Gasteiger charge is -2.36. The lowest BCUT2D eigenvalue weighted by atomic mass is 10.2. The highest BCUT2D eigenvalue weighted by Gasteiger charge is 2.39. The molecule has 1 aliphatic heterocycles. The molecule has 0 aromatic heterocycles. The Morgan fingerprint density at radius 2 is 1.50 bits per heavy atom. The fourth-order valence-corrected chi connectivity index (χ4v) is 5.11. The molecule has 0 spiro atoms. The van der Waals surface area contributed by atoms with Crippen LogP contribution in [-0.4, -0.2) is 74.6 Å². The summed E-state index contributed by atoms with van der Waals surface area (Å²) in [5, 5.41) is 0.620. The highest BCUT2D eigenvalue weighted by atomic mass is 32.2. The van der Waals surface area contributed by atoms with Gasteiger partial charge in [0.2, 0.25) is 21.1 Å². The molecule has 1 N–H and O–H groups in total. The van der Waals surface area contributed by atoms with Crippen molar-refractivity contribution in [2.24, 2.45) is 0 Å². The first kappa shape index (κ1) is 25.2. The first-order valence-electron chi connectivity index (χ1n) is 11.0. The summed E-state index contributed by atoms with van der Waals surface area (Å²) in [5.74, 6) is -0.915. The second-order valence-electron chi connectivity index (χ2n) is 8.00. The molecular formula is C24H29N3O6S. The van der Waals surface area contributed by atoms with Gasteiger partial charge in [0.15, 0.2) is 0 Å². The molecule has 0 bridgehead atoms. The van der Waals surface area contributed by atoms with E-state index in [9.17, 15) is 22.8 Å². The van der Waals surface area contributed by atoms with Crippen LogP contribution in [0.3, 0.4) is 0 Å². The van der Waals surface area contributed by atoms with Crippen molar-refractivity contribution in [2.75, 3.05) is 33.3 Å². The van der Waals surface area contributed by atoms with Gasteiger partial charge in [-0.2, -0.15) is 0 Å². The van der Waals surface area contributed by atoms with Crippen molar-refractivity contribution in [1.29, 1.82) is 0 Å². The number of benzene rings is 2. The van der Waals surface area contributed by atoms with Crippen LogP contribution in [0, 0.1) is 6.92 Å². The molecule has 10 heteroatoms. The van der Waals surface area contributed by atoms with E-state index in [0.717, 1.165) is 5.56 Å². The van der Waals surface area contributed by atoms with Crippen molar-refractivity contribution in [3.05, 3.63) is 59.7 Å². The summed E-state index contributed by atoms with van der Waals surface area (Å²) in [5.41, 5.74) is 1.05. The summed E-state index contributed by atoms with van der Waals surface area (Å²) in [6.45, 7) is 4.57. The largest absolute Gasteiger partial charge is 0.497 e. The molecule has 3 rings (SSSR count). The molecule has 182 valence electrons. The number of ether oxygens (including phenoxy) is 1. The molecule has 1 atom stereocenters. The molecule has 9 nitrogen and oxygen atoms in total. The van der Waals surface area contributed by atoms with E-state index >= 15 is 0 Å². The summed E-state index contributed by atoms with van der Waals surface area (Å²) in [6.07, 6.45) is 0.357. The Labute approximate surface area is 199 Å². The van der Waals surface area contributed by atoms with E-state index in [1.54, 1.807) is 36.1 Å². The number of amides is 3. The molecule has 1 fully saturated rings. The minimum atomic E-state index is -4.25. The van der Waals surface area contributed by atoms with Crippen molar-refractivity contribution in [2.45, 2.75) is 30.5 Å². The minimum absolute atomic E-state index is 0.0243. The second kappa shape index (κ2) is 10.7. The number of nitrogens with zero attached hydrogens (tertiary/aromatic N) is 2. The Balaban J connectivity index is 1.88. The van der Waals surface area contributed by atoms with E-state index in [1.807, 2.05) is 6.92 Å². The zero-order chi connectivity index (χ0) is 24.9. The van der Waals surface area contributed by atoms with Crippen LogP contribution in [-0.2, 0) is 19.4 Å². The van der Waals surface area contributed by atoms with Gasteiger partial charge in [-0.25, -0.2) is 8.42 Å². The standard InChI is InChI=1S/C24H29N3O6S/c1-4-21(28)26-13-15-27(16-14-26)24(30)23(34(31,32)20-11-5-17(2)6-12-20)25-22(29)18-7-9-19(33-3)10-8-18/h5-12,23H,4,13-16H2,1-3H3,(H,25,29)/t23-/m0/s1. The number of sulfone groups is 1. The van der Waals surface area contributed by atoms with Crippen molar-refractivity contribution >= 4 is 27.6 Å². The second-order valence-corrected chi connectivity index (χ2v) is 10.0. The van der Waals surface area contributed by atoms with Crippen molar-refractivity contribution in [3.63, 3.8) is 0 Å². The number of piperazine rings is 1. The Morgan fingerprint density at radius 3 is 2.03 bits per heavy atom. The number of hydrogen-bond donors (Lipinski definition) is 1. The minimum Gasteiger partial charge on any atom is -0.497 e. The molecule has 34 heavy (non-hydrogen) atoms. The van der Waals surface area contributed by atoms with Crippen molar-refractivity contribution < 1.29 is 27.5 Å². The Hall–Kier alpha value is -3.40. The third kappa shape index (κ3) is 5.56. The SMILES string of the molecule is CCC(=O)N1CCN(C(=O)[C@@H](NC(=O)c2ccc(OC)cc2)S(=O)(=O)c2ccc(C)cc2)CC1. The quantitative estimate of drug-likeness (QED) is 0.635. The average Bonchev–Trinajstić information content (AvgIpc) is 2.86. The molecule has 3 amide bonds. The summed E-state index contributed by atoms with van der Waals surface area (Å²) in [4.78, 5) is 41.2. The van der Waals surface area contributed by atoms with E-state index in [1.165, 1.54) is 36.3 Å². The van der Waals surface area contributed by atoms with Crippen LogP contribution < -0.4 is 10.1 Å². The van der Waals surface area contributed by atoms with Gasteiger partial charge in [-0.3, -0.25) is 14.4 Å². The van der Waals surface area contributed by atoms with Crippen molar-refractivity contribution in [1.82, 2.24) is 15.1 Å². The van der Waals surface area contributed by atoms with Crippen LogP contribution >= 0.6 is 0 Å². The van der Waals surface area contributed by atoms with Gasteiger partial charge in [-0.1, -0.05) is 24.6 Å². The number of carbonyl (C=O) groups excluding carboxylic acids is 3. The number of carbonyl (C=O) groups is 3. The molecule has 0 saturated carbocycles. The molecule has 0 unspecified atom stereocenters. The Morgan fingerprint density at radius 1 is 0.941 bits per heavy atom. The number of hydrogen-bond acceptors (Lipinski definition) is 6. The number of methoxy groups -OCH3 is 1. The molecule has 1 saturated heterocycles. The smallest absolute Gasteiger partial charge is 0.261 e. The maximum atomic E-state index is 13.5. The van der Waals surface area contributed by atoms with Gasteiger partial charge >= 0.3 is 0 Å². The lowest BCUT2D eigenvalue weighted by Crippen LogP contribution is -2.57. The highest BCUT2D eigenvalue weighted by molar-refractivity contribution is 7.92. The van der Waals surface area contributed by atoms with E-state index in [0.29, 0.717) is 25.3 Å². The van der Waals surface area contributed by atoms with Crippen LogP contribution in [0.4, 0.5) is 0 Å². The highest BCUT2D eigenvalue weighted by Crippen LogP contribution is 2.20. The topological polar surface area (TPSA) is 113 Å². The monoisotopic (exact) mass is 487 g/mol. The summed E-state index contributed by atoms with van der Waals surface area (Å²) >= 11 is 0. The van der Waals surface area contributed by atoms with Gasteiger partial charge in [0.1, 0.15) is 5.75 Å². The van der Waals surface area contributed by atoms with Crippen molar-refractivity contribution in [3.8, 4) is 5.75 Å². The first-order valence-corrected chi connectivity index (χ1v) is 12.5. The molecular weight excluding hydrogens is 458 g/mol. The molecule has 2 aromatic carbocycles. The summed E-state index contributed by atoms with van der Waals surface area (Å²) < 4.78 is 32.0. The average molecular weight is 488 g/mol. The zero-order valence-electron chi connectivity index (χ0n) is 19.5. The molecule has 1 heterocycles. The third-order valence-electron chi connectivity index (χ3n) is 5.75. The van der Waals surface area contributed by atoms with Gasteiger partial charge in [0, 0.05) is 38.2 Å². The summed E-state index contributed by atoms with van der Waals surface area (Å²) in [6, 6.07) is 12.2. The maximum absolute atomic E-state index is 13.5. The van der Waals surface area contributed by atoms with Gasteiger partial charge in [0.25, 0.3) is 11.8 Å². The normalized spacial score (nSPS) is 14.9. The maximum Gasteiger partial charge on any atom is 0.261 e. The molecule has 2 aromatic rings. The van der Waals surface area contributed by atoms with Crippen LogP contribution in [0.15, 0.2) is 53.4 Å². The van der Waals surface area contributed by atoms with Crippen LogP contribution in [0.5, 0.6) is 5.75 Å². The van der Waals surface area contributed by atoms with E-state index in [-0.39, 0.29) is 29.5 Å². The van der Waals surface area contributed by atoms with Gasteiger partial charge < -0.3 is 19.9 Å². The fourth-order valence-electron chi connectivity index (χ4n) is 3.65. The van der Waals surface area contributed by atoms with E-state index in [4.69, 9.17) is 4.74 Å². The first-order chi connectivity index (χ1) is 16.2. The number of nitrogens with one attached hydrogen (secondary N) is 1. The van der Waals surface area contributed by atoms with Gasteiger partial charge in [0.05, 0.1) is 12.0 Å². The van der Waals surface area contributed by atoms with E-state index in [2.05, 4.69) is 5.32 Å². The number of aryl methyl sites for hydroxylation is 1. The van der Waals surface area contributed by atoms with Gasteiger partial charge in [-0.15, -0.1) is 0 Å². The molecule has 0 aliphatic carbocycles. The predicted molar refractivity (Wildman–Crippen MR) is 126 cm³/mol. The molecule has 1 aliphatic rings. The van der Waals surface area contributed by atoms with Gasteiger partial charge in [-0.05, 0) is 43.3 Å². The van der Waals surface area contributed by atoms with E-state index < -0.39 is 27.0 Å². The fraction of sp³-hybridized carbons (Fsp3) is 0.375. The predicted octanol–water partition coefficient (Wildman–Crippen LogP) is 1.61. The third-order valence-corrected chi connectivity index (χ3v) is 7.61.